The van der Waals surface area contributed by atoms with Crippen LogP contribution in [-0.2, 0) is 12.8 Å². The van der Waals surface area contributed by atoms with Crippen LogP contribution in [0.5, 0.6) is 5.75 Å². The highest BCUT2D eigenvalue weighted by Gasteiger charge is 2.24. The largest absolute Gasteiger partial charge is 0.508 e. The van der Waals surface area contributed by atoms with Crippen molar-refractivity contribution in [1.82, 2.24) is 4.90 Å². The van der Waals surface area contributed by atoms with E-state index in [0.29, 0.717) is 17.9 Å². The van der Waals surface area contributed by atoms with Crippen molar-refractivity contribution in [2.45, 2.75) is 31.8 Å². The second-order valence-electron chi connectivity index (χ2n) is 8.78. The number of likely N-dealkylation sites (N-methyl/N-ethyl adjacent to an activating group) is 1. The highest BCUT2D eigenvalue weighted by atomic mass is 32.1. The molecule has 4 aromatic rings. The number of phenolic OH excluding ortho intramolecular Hbond substituents is 1. The first-order chi connectivity index (χ1) is 15.8. The molecule has 0 saturated heterocycles. The first-order valence-corrected chi connectivity index (χ1v) is 11.9. The Bertz CT molecular complexity index is 1300. The number of hydrogen-bond acceptors (Lipinski definition) is 7. The molecule has 1 aromatic heterocycles. The molecule has 33 heavy (non-hydrogen) atoms. The minimum Gasteiger partial charge on any atom is -0.508 e. The van der Waals surface area contributed by atoms with Crippen LogP contribution in [0.4, 0.5) is 11.4 Å². The fourth-order valence-corrected chi connectivity index (χ4v) is 5.05. The lowest BCUT2D eigenvalue weighted by Gasteiger charge is -2.26. The van der Waals surface area contributed by atoms with Crippen molar-refractivity contribution in [3.63, 3.8) is 0 Å². The van der Waals surface area contributed by atoms with Gasteiger partial charge < -0.3 is 20.6 Å². The number of thiophene rings is 1. The van der Waals surface area contributed by atoms with Gasteiger partial charge in [-0.1, -0.05) is 30.3 Å². The molecule has 0 fully saturated rings. The summed E-state index contributed by atoms with van der Waals surface area (Å²) in [5, 5.41) is 19.4. The highest BCUT2D eigenvalue weighted by Crippen LogP contribution is 2.27. The number of aromatic hydroxyl groups is 1. The zero-order chi connectivity index (χ0) is 23.5. The Morgan fingerprint density at radius 1 is 0.970 bits per heavy atom. The van der Waals surface area contributed by atoms with Gasteiger partial charge in [-0.05, 0) is 74.0 Å². The number of benzene rings is 2. The minimum absolute atomic E-state index is 0.00787. The topological polar surface area (TPSA) is 81.7 Å². The maximum Gasteiger partial charge on any atom is 0.253 e. The van der Waals surface area contributed by atoms with Crippen LogP contribution in [0.3, 0.4) is 0 Å². The number of anilines is 2. The second-order valence-corrected chi connectivity index (χ2v) is 9.69. The van der Waals surface area contributed by atoms with Crippen LogP contribution >= 0.6 is 11.3 Å². The van der Waals surface area contributed by atoms with Crippen molar-refractivity contribution in [3.8, 4) is 5.75 Å². The average Bonchev–Trinajstić information content (AvgIpc) is 3.21. The van der Waals surface area contributed by atoms with E-state index in [4.69, 9.17) is 0 Å². The SMILES string of the molecule is C[C@H](Cc1csc2ccccc12)Nc1c(NC[C@@H](Cc2ccc(O)cc2)N(C)C)c(=O)c1=O. The average molecular weight is 464 g/mol. The van der Waals surface area contributed by atoms with E-state index >= 15 is 0 Å². The predicted octanol–water partition coefficient (Wildman–Crippen LogP) is 3.83. The first-order valence-electron chi connectivity index (χ1n) is 11.1. The molecule has 0 spiro atoms. The lowest BCUT2D eigenvalue weighted by atomic mass is 10.0. The van der Waals surface area contributed by atoms with E-state index < -0.39 is 10.9 Å². The quantitative estimate of drug-likeness (QED) is 0.310. The summed E-state index contributed by atoms with van der Waals surface area (Å²) in [6, 6.07) is 15.6. The summed E-state index contributed by atoms with van der Waals surface area (Å²) in [5.74, 6) is 0.238. The smallest absolute Gasteiger partial charge is 0.253 e. The summed E-state index contributed by atoms with van der Waals surface area (Å²) < 4.78 is 1.25. The third-order valence-electron chi connectivity index (χ3n) is 6.04. The Balaban J connectivity index is 1.41. The molecule has 0 amide bonds. The van der Waals surface area contributed by atoms with E-state index in [-0.39, 0.29) is 17.8 Å². The molecule has 1 heterocycles. The van der Waals surface area contributed by atoms with Gasteiger partial charge in [0.15, 0.2) is 0 Å². The molecular weight excluding hydrogens is 434 g/mol. The number of hydrogen-bond donors (Lipinski definition) is 3. The Kier molecular flexibility index (Phi) is 6.81. The third-order valence-corrected chi connectivity index (χ3v) is 7.05. The van der Waals surface area contributed by atoms with E-state index in [2.05, 4.69) is 33.0 Å². The van der Waals surface area contributed by atoms with Crippen molar-refractivity contribution < 1.29 is 5.11 Å². The molecular formula is C26H29N3O3S. The van der Waals surface area contributed by atoms with E-state index in [1.54, 1.807) is 23.5 Å². The third kappa shape index (κ3) is 5.10. The molecule has 0 bridgehead atoms. The van der Waals surface area contributed by atoms with Crippen LogP contribution in [0.1, 0.15) is 18.1 Å². The number of rotatable bonds is 10. The monoisotopic (exact) mass is 463 g/mol. The fourth-order valence-electron chi connectivity index (χ4n) is 4.08. The normalized spacial score (nSPS) is 13.5. The number of phenols is 1. The molecule has 0 saturated carbocycles. The molecule has 7 heteroatoms. The fraction of sp³-hybridized carbons (Fsp3) is 0.308. The summed E-state index contributed by atoms with van der Waals surface area (Å²) in [4.78, 5) is 26.6. The summed E-state index contributed by atoms with van der Waals surface area (Å²) in [5.41, 5.74) is 2.17. The lowest BCUT2D eigenvalue weighted by molar-refractivity contribution is 0.303. The number of fused-ring (bicyclic) bond motifs is 1. The van der Waals surface area contributed by atoms with Gasteiger partial charge in [0.05, 0.1) is 0 Å². The van der Waals surface area contributed by atoms with Crippen LogP contribution in [0.25, 0.3) is 10.1 Å². The zero-order valence-electron chi connectivity index (χ0n) is 19.1. The van der Waals surface area contributed by atoms with Crippen molar-refractivity contribution in [2.24, 2.45) is 0 Å². The van der Waals surface area contributed by atoms with Gasteiger partial charge in [-0.15, -0.1) is 11.3 Å². The van der Waals surface area contributed by atoms with Crippen LogP contribution in [0.2, 0.25) is 0 Å². The highest BCUT2D eigenvalue weighted by molar-refractivity contribution is 7.17. The van der Waals surface area contributed by atoms with Crippen molar-refractivity contribution >= 4 is 32.8 Å². The predicted molar refractivity (Wildman–Crippen MR) is 138 cm³/mol. The van der Waals surface area contributed by atoms with Gasteiger partial charge in [0.25, 0.3) is 10.9 Å². The molecule has 3 N–H and O–H groups in total. The summed E-state index contributed by atoms with van der Waals surface area (Å²) in [6.07, 6.45) is 1.52. The van der Waals surface area contributed by atoms with Crippen LogP contribution in [0.15, 0.2) is 63.5 Å². The Morgan fingerprint density at radius 2 is 1.67 bits per heavy atom. The maximum absolute atomic E-state index is 12.3. The maximum atomic E-state index is 12.3. The molecule has 0 aliphatic carbocycles. The van der Waals surface area contributed by atoms with Gasteiger partial charge in [0.1, 0.15) is 17.1 Å². The summed E-state index contributed by atoms with van der Waals surface area (Å²) in [6.45, 7) is 2.55. The van der Waals surface area contributed by atoms with E-state index in [1.165, 1.54) is 15.6 Å². The van der Waals surface area contributed by atoms with E-state index in [1.807, 2.05) is 45.3 Å². The molecule has 6 nitrogen and oxygen atoms in total. The molecule has 4 rings (SSSR count). The summed E-state index contributed by atoms with van der Waals surface area (Å²) in [7, 11) is 3.97. The first kappa shape index (κ1) is 23.0. The molecule has 2 atom stereocenters. The van der Waals surface area contributed by atoms with Gasteiger partial charge >= 0.3 is 0 Å². The summed E-state index contributed by atoms with van der Waals surface area (Å²) >= 11 is 1.72. The van der Waals surface area contributed by atoms with Crippen LogP contribution in [-0.4, -0.2) is 42.7 Å². The standard InChI is InChI=1S/C26H29N3O3S/c1-16(12-18-15-33-22-7-5-4-6-21(18)22)28-24-23(25(31)26(24)32)27-14-19(29(2)3)13-17-8-10-20(30)11-9-17/h4-11,15-16,19,27-28,30H,12-14H2,1-3H3/t16-,19-/m1/s1. The molecule has 0 unspecified atom stereocenters. The van der Waals surface area contributed by atoms with E-state index in [0.717, 1.165) is 18.4 Å². The number of nitrogens with zero attached hydrogens (tertiary/aromatic N) is 1. The molecule has 3 aromatic carbocycles. The van der Waals surface area contributed by atoms with E-state index in [9.17, 15) is 14.7 Å². The molecule has 172 valence electrons. The van der Waals surface area contributed by atoms with Gasteiger partial charge in [-0.2, -0.15) is 0 Å². The lowest BCUT2D eigenvalue weighted by Crippen LogP contribution is -2.43. The molecule has 0 aliphatic heterocycles. The van der Waals surface area contributed by atoms with Gasteiger partial charge in [0.2, 0.25) is 0 Å². The zero-order valence-corrected chi connectivity index (χ0v) is 19.9. The Morgan fingerprint density at radius 3 is 2.39 bits per heavy atom. The van der Waals surface area contributed by atoms with Gasteiger partial charge in [-0.3, -0.25) is 9.59 Å². The van der Waals surface area contributed by atoms with Crippen LogP contribution in [0, 0.1) is 0 Å². The van der Waals surface area contributed by atoms with Crippen molar-refractivity contribution in [2.75, 3.05) is 31.3 Å². The van der Waals surface area contributed by atoms with Gasteiger partial charge in [-0.25, -0.2) is 0 Å². The van der Waals surface area contributed by atoms with Gasteiger partial charge in [0, 0.05) is 23.3 Å². The van der Waals surface area contributed by atoms with Crippen molar-refractivity contribution in [1.29, 1.82) is 0 Å². The van der Waals surface area contributed by atoms with Crippen molar-refractivity contribution in [3.05, 3.63) is 85.5 Å². The minimum atomic E-state index is -0.465. The van der Waals surface area contributed by atoms with Crippen LogP contribution < -0.4 is 21.5 Å². The Labute approximate surface area is 197 Å². The second kappa shape index (κ2) is 9.77. The Hall–Kier alpha value is -3.16. The number of nitrogens with one attached hydrogen (secondary N) is 2. The molecule has 0 radical (unpaired) electrons. The molecule has 0 aliphatic rings.